The van der Waals surface area contributed by atoms with Gasteiger partial charge in [0, 0.05) is 13.1 Å². The molecule has 1 aliphatic rings. The van der Waals surface area contributed by atoms with Crippen LogP contribution in [0.3, 0.4) is 0 Å². The van der Waals surface area contributed by atoms with Crippen LogP contribution < -0.4 is 5.32 Å². The molecule has 0 bridgehead atoms. The summed E-state index contributed by atoms with van der Waals surface area (Å²) in [6, 6.07) is 0. The maximum Gasteiger partial charge on any atom is 0.155 e. The van der Waals surface area contributed by atoms with E-state index in [1.54, 1.807) is 0 Å². The number of sulfone groups is 1. The van der Waals surface area contributed by atoms with Crippen LogP contribution >= 0.6 is 0 Å². The fourth-order valence-corrected chi connectivity index (χ4v) is 2.81. The molecule has 1 unspecified atom stereocenters. The average molecular weight is 163 g/mol. The second-order valence-corrected chi connectivity index (χ2v) is 5.00. The van der Waals surface area contributed by atoms with Crippen molar-refractivity contribution >= 4 is 9.84 Å². The predicted octanol–water partition coefficient (Wildman–Crippen LogP) is -0.217. The molecule has 0 spiro atoms. The molecule has 4 heteroatoms. The van der Waals surface area contributed by atoms with Gasteiger partial charge in [-0.25, -0.2) is 8.42 Å². The minimum atomic E-state index is -2.74. The van der Waals surface area contributed by atoms with Crippen LogP contribution in [0.15, 0.2) is 0 Å². The van der Waals surface area contributed by atoms with Crippen LogP contribution in [0, 0.1) is 0 Å². The van der Waals surface area contributed by atoms with E-state index in [1.165, 1.54) is 0 Å². The van der Waals surface area contributed by atoms with E-state index in [1.807, 2.05) is 6.92 Å². The van der Waals surface area contributed by atoms with Gasteiger partial charge in [-0.3, -0.25) is 0 Å². The van der Waals surface area contributed by atoms with Crippen molar-refractivity contribution in [2.45, 2.75) is 18.6 Å². The molecular formula is C6H13NO2S. The molecule has 0 saturated carbocycles. The van der Waals surface area contributed by atoms with Crippen molar-refractivity contribution in [2.24, 2.45) is 0 Å². The summed E-state index contributed by atoms with van der Waals surface area (Å²) in [5.41, 5.74) is 0. The zero-order valence-electron chi connectivity index (χ0n) is 6.13. The number of hydrogen-bond donors (Lipinski definition) is 1. The van der Waals surface area contributed by atoms with Crippen LogP contribution in [0.2, 0.25) is 0 Å². The summed E-state index contributed by atoms with van der Waals surface area (Å²) in [5, 5.41) is 2.92. The van der Waals surface area contributed by atoms with Crippen molar-refractivity contribution in [2.75, 3.05) is 18.8 Å². The lowest BCUT2D eigenvalue weighted by molar-refractivity contribution is 0.540. The standard InChI is InChI=1S/C6H13NO2S/c1-2-6-5-7-3-4-10(6,8)9/h6-7H,2-5H2,1H3. The van der Waals surface area contributed by atoms with Crippen molar-refractivity contribution in [3.63, 3.8) is 0 Å². The third kappa shape index (κ3) is 1.49. The summed E-state index contributed by atoms with van der Waals surface area (Å²) in [5.74, 6) is 0.311. The van der Waals surface area contributed by atoms with Gasteiger partial charge in [0.05, 0.1) is 11.0 Å². The molecule has 0 radical (unpaired) electrons. The second-order valence-electron chi connectivity index (χ2n) is 2.60. The summed E-state index contributed by atoms with van der Waals surface area (Å²) < 4.78 is 22.3. The van der Waals surface area contributed by atoms with Gasteiger partial charge in [-0.2, -0.15) is 0 Å². The van der Waals surface area contributed by atoms with E-state index in [0.717, 1.165) is 6.42 Å². The van der Waals surface area contributed by atoms with E-state index < -0.39 is 9.84 Å². The molecule has 60 valence electrons. The Morgan fingerprint density at radius 3 is 2.70 bits per heavy atom. The lowest BCUT2D eigenvalue weighted by Gasteiger charge is -2.21. The van der Waals surface area contributed by atoms with Crippen LogP contribution in [0.5, 0.6) is 0 Å². The van der Waals surface area contributed by atoms with E-state index in [0.29, 0.717) is 18.8 Å². The van der Waals surface area contributed by atoms with E-state index in [2.05, 4.69) is 5.32 Å². The van der Waals surface area contributed by atoms with Gasteiger partial charge >= 0.3 is 0 Å². The first-order valence-corrected chi connectivity index (χ1v) is 5.30. The van der Waals surface area contributed by atoms with Gasteiger partial charge in [0.15, 0.2) is 9.84 Å². The second kappa shape index (κ2) is 2.88. The summed E-state index contributed by atoms with van der Waals surface area (Å²) in [6.07, 6.45) is 0.731. The third-order valence-corrected chi connectivity index (χ3v) is 4.19. The number of hydrogen-bond acceptors (Lipinski definition) is 3. The Morgan fingerprint density at radius 1 is 1.60 bits per heavy atom. The Balaban J connectivity index is 2.70. The quantitative estimate of drug-likeness (QED) is 0.581. The van der Waals surface area contributed by atoms with E-state index in [-0.39, 0.29) is 5.25 Å². The zero-order chi connectivity index (χ0) is 7.61. The predicted molar refractivity (Wildman–Crippen MR) is 40.7 cm³/mol. The van der Waals surface area contributed by atoms with Crippen LogP contribution in [0.25, 0.3) is 0 Å². The van der Waals surface area contributed by atoms with E-state index >= 15 is 0 Å². The molecule has 0 aromatic carbocycles. The molecule has 0 aliphatic carbocycles. The molecule has 1 aliphatic heterocycles. The van der Waals surface area contributed by atoms with Gasteiger partial charge in [0.1, 0.15) is 0 Å². The summed E-state index contributed by atoms with van der Waals surface area (Å²) in [4.78, 5) is 0. The topological polar surface area (TPSA) is 46.2 Å². The molecule has 1 fully saturated rings. The number of rotatable bonds is 1. The highest BCUT2D eigenvalue weighted by atomic mass is 32.2. The Morgan fingerprint density at radius 2 is 2.30 bits per heavy atom. The van der Waals surface area contributed by atoms with Crippen molar-refractivity contribution in [1.82, 2.24) is 5.32 Å². The van der Waals surface area contributed by atoms with Crippen LogP contribution in [0.1, 0.15) is 13.3 Å². The van der Waals surface area contributed by atoms with Crippen LogP contribution in [-0.2, 0) is 9.84 Å². The van der Waals surface area contributed by atoms with E-state index in [9.17, 15) is 8.42 Å². The SMILES string of the molecule is CCC1CNCCS1(=O)=O. The molecule has 0 aromatic rings. The molecule has 1 saturated heterocycles. The lowest BCUT2D eigenvalue weighted by atomic mass is 10.3. The summed E-state index contributed by atoms with van der Waals surface area (Å²) in [7, 11) is -2.74. The van der Waals surface area contributed by atoms with Gasteiger partial charge in [0.2, 0.25) is 0 Å². The first-order valence-electron chi connectivity index (χ1n) is 3.59. The number of nitrogens with one attached hydrogen (secondary N) is 1. The van der Waals surface area contributed by atoms with Crippen molar-refractivity contribution in [1.29, 1.82) is 0 Å². The molecule has 1 N–H and O–H groups in total. The Labute approximate surface area is 61.7 Å². The fourth-order valence-electron chi connectivity index (χ4n) is 1.17. The summed E-state index contributed by atoms with van der Waals surface area (Å²) in [6.45, 7) is 3.17. The molecule has 10 heavy (non-hydrogen) atoms. The van der Waals surface area contributed by atoms with Gasteiger partial charge in [0.25, 0.3) is 0 Å². The first-order chi connectivity index (χ1) is 4.67. The largest absolute Gasteiger partial charge is 0.314 e. The lowest BCUT2D eigenvalue weighted by Crippen LogP contribution is -2.43. The zero-order valence-corrected chi connectivity index (χ0v) is 6.95. The highest BCUT2D eigenvalue weighted by molar-refractivity contribution is 7.92. The molecule has 0 amide bonds. The van der Waals surface area contributed by atoms with Crippen LogP contribution in [0.4, 0.5) is 0 Å². The molecule has 1 heterocycles. The Bertz CT molecular complexity index is 198. The smallest absolute Gasteiger partial charge is 0.155 e. The van der Waals surface area contributed by atoms with Gasteiger partial charge in [-0.1, -0.05) is 6.92 Å². The Kier molecular flexibility index (Phi) is 2.31. The highest BCUT2D eigenvalue weighted by Crippen LogP contribution is 2.08. The fraction of sp³-hybridized carbons (Fsp3) is 1.00. The van der Waals surface area contributed by atoms with Crippen LogP contribution in [-0.4, -0.2) is 32.5 Å². The van der Waals surface area contributed by atoms with Gasteiger partial charge < -0.3 is 5.32 Å². The van der Waals surface area contributed by atoms with Crippen molar-refractivity contribution < 1.29 is 8.42 Å². The minimum absolute atomic E-state index is 0.138. The molecule has 3 nitrogen and oxygen atoms in total. The molecule has 0 aromatic heterocycles. The Hall–Kier alpha value is -0.0900. The van der Waals surface area contributed by atoms with Gasteiger partial charge in [-0.05, 0) is 6.42 Å². The minimum Gasteiger partial charge on any atom is -0.314 e. The van der Waals surface area contributed by atoms with Crippen molar-refractivity contribution in [3.8, 4) is 0 Å². The maximum atomic E-state index is 11.2. The first kappa shape index (κ1) is 8.01. The highest BCUT2D eigenvalue weighted by Gasteiger charge is 2.26. The van der Waals surface area contributed by atoms with Gasteiger partial charge in [-0.15, -0.1) is 0 Å². The molecule has 1 atom stereocenters. The van der Waals surface area contributed by atoms with E-state index in [4.69, 9.17) is 0 Å². The third-order valence-electron chi connectivity index (χ3n) is 1.90. The molecule has 1 rings (SSSR count). The normalized spacial score (nSPS) is 31.9. The average Bonchev–Trinajstić information content (AvgIpc) is 1.87. The maximum absolute atomic E-state index is 11.2. The molecular weight excluding hydrogens is 150 g/mol. The van der Waals surface area contributed by atoms with Crippen molar-refractivity contribution in [3.05, 3.63) is 0 Å². The summed E-state index contributed by atoms with van der Waals surface area (Å²) >= 11 is 0. The monoisotopic (exact) mass is 163 g/mol.